The first-order valence-electron chi connectivity index (χ1n) is 13.1. The first-order chi connectivity index (χ1) is 17.4. The molecule has 5 heteroatoms. The number of aliphatic hydroxyl groups is 2. The van der Waals surface area contributed by atoms with Gasteiger partial charge in [-0.25, -0.2) is 0 Å². The summed E-state index contributed by atoms with van der Waals surface area (Å²) in [5.74, 6) is 6.45. The molecule has 0 radical (unpaired) electrons. The van der Waals surface area contributed by atoms with Crippen LogP contribution in [0.25, 0.3) is 0 Å². The minimum Gasteiger partial charge on any atom is -0.380 e. The van der Waals surface area contributed by atoms with Crippen LogP contribution in [0.2, 0.25) is 0 Å². The summed E-state index contributed by atoms with van der Waals surface area (Å²) in [5, 5.41) is 23.5. The van der Waals surface area contributed by atoms with Crippen molar-refractivity contribution < 1.29 is 10.2 Å². The summed E-state index contributed by atoms with van der Waals surface area (Å²) in [6, 6.07) is 16.1. The fourth-order valence-corrected chi connectivity index (χ4v) is 5.20. The molecular formula is C32H39N3O2. The molecule has 5 nitrogen and oxygen atoms in total. The van der Waals surface area contributed by atoms with Crippen molar-refractivity contribution in [2.45, 2.75) is 71.6 Å². The Morgan fingerprint density at radius 3 is 2.24 bits per heavy atom. The monoisotopic (exact) mass is 497 g/mol. The fraction of sp³-hybridized carbons (Fsp3) is 0.438. The summed E-state index contributed by atoms with van der Waals surface area (Å²) < 4.78 is 0. The first-order valence-corrected chi connectivity index (χ1v) is 13.1. The van der Waals surface area contributed by atoms with Crippen LogP contribution >= 0.6 is 0 Å². The molecule has 0 unspecified atom stereocenters. The Hall–Kier alpha value is -3.04. The zero-order valence-electron chi connectivity index (χ0n) is 23.1. The van der Waals surface area contributed by atoms with Crippen LogP contribution in [0.4, 0.5) is 0 Å². The zero-order chi connectivity index (χ0) is 27.0. The number of rotatable bonds is 6. The molecule has 0 spiro atoms. The number of aryl methyl sites for hydroxylation is 1. The lowest BCUT2D eigenvalue weighted by Gasteiger charge is -2.58. The average Bonchev–Trinajstić information content (AvgIpc) is 2.85. The van der Waals surface area contributed by atoms with Gasteiger partial charge in [-0.3, -0.25) is 14.9 Å². The minimum absolute atomic E-state index is 0.401. The molecule has 0 aliphatic carbocycles. The molecule has 3 aromatic rings. The SMILES string of the molecule is Cc1cccc([C@](C)(O)C#Cc2cncc([C@@](O)(c3ccc(C(C)C)cc3)C3(C)CN(C(C)C)C3)c2)n1. The third kappa shape index (κ3) is 5.20. The Balaban J connectivity index is 1.75. The topological polar surface area (TPSA) is 69.5 Å². The number of benzene rings is 1. The summed E-state index contributed by atoms with van der Waals surface area (Å²) in [4.78, 5) is 11.3. The number of likely N-dealkylation sites (tertiary alicyclic amines) is 1. The van der Waals surface area contributed by atoms with Gasteiger partial charge in [0.05, 0.1) is 5.69 Å². The van der Waals surface area contributed by atoms with Gasteiger partial charge in [0.2, 0.25) is 0 Å². The van der Waals surface area contributed by atoms with Crippen molar-refractivity contribution in [2.24, 2.45) is 5.41 Å². The van der Waals surface area contributed by atoms with Crippen LogP contribution in [0, 0.1) is 24.2 Å². The number of pyridine rings is 2. The van der Waals surface area contributed by atoms with Crippen LogP contribution in [-0.2, 0) is 11.2 Å². The lowest BCUT2D eigenvalue weighted by molar-refractivity contribution is -0.144. The zero-order valence-corrected chi connectivity index (χ0v) is 23.1. The van der Waals surface area contributed by atoms with E-state index < -0.39 is 16.6 Å². The average molecular weight is 498 g/mol. The third-order valence-electron chi connectivity index (χ3n) is 7.70. The van der Waals surface area contributed by atoms with Gasteiger partial charge in [0.1, 0.15) is 5.60 Å². The summed E-state index contributed by atoms with van der Waals surface area (Å²) in [7, 11) is 0. The van der Waals surface area contributed by atoms with Crippen LogP contribution in [0.5, 0.6) is 0 Å². The molecule has 1 saturated heterocycles. The van der Waals surface area contributed by atoms with E-state index >= 15 is 0 Å². The summed E-state index contributed by atoms with van der Waals surface area (Å²) in [6.45, 7) is 15.9. The smallest absolute Gasteiger partial charge is 0.165 e. The van der Waals surface area contributed by atoms with E-state index in [-0.39, 0.29) is 0 Å². The van der Waals surface area contributed by atoms with E-state index in [4.69, 9.17) is 0 Å². The molecule has 1 aromatic carbocycles. The highest BCUT2D eigenvalue weighted by molar-refractivity contribution is 5.45. The van der Waals surface area contributed by atoms with Crippen LogP contribution in [-0.4, -0.2) is 44.2 Å². The molecule has 4 rings (SSSR count). The van der Waals surface area contributed by atoms with E-state index in [1.165, 1.54) is 5.56 Å². The number of hydrogen-bond donors (Lipinski definition) is 2. The third-order valence-corrected chi connectivity index (χ3v) is 7.70. The van der Waals surface area contributed by atoms with Gasteiger partial charge in [0, 0.05) is 53.8 Å². The summed E-state index contributed by atoms with van der Waals surface area (Å²) in [6.07, 6.45) is 3.41. The van der Waals surface area contributed by atoms with E-state index in [9.17, 15) is 10.2 Å². The fourth-order valence-electron chi connectivity index (χ4n) is 5.20. The standard InChI is InChI=1S/C32H39N3O2/c1-22(2)26-11-13-27(14-12-26)32(37,30(6)20-35(21-30)23(3)4)28-17-25(18-33-19-28)15-16-31(7,36)29-10-8-9-24(5)34-29/h8-14,17-19,22-23,36-37H,20-21H2,1-7H3/t31-,32+/m1/s1. The second-order valence-electron chi connectivity index (χ2n) is 11.5. The van der Waals surface area contributed by atoms with Crippen molar-refractivity contribution in [1.29, 1.82) is 0 Å². The molecule has 0 amide bonds. The molecule has 2 atom stereocenters. The van der Waals surface area contributed by atoms with Crippen LogP contribution in [0.1, 0.15) is 81.1 Å². The molecule has 0 saturated carbocycles. The number of aromatic nitrogens is 2. The van der Waals surface area contributed by atoms with Crippen molar-refractivity contribution in [3.05, 3.63) is 94.6 Å². The van der Waals surface area contributed by atoms with Crippen molar-refractivity contribution in [3.63, 3.8) is 0 Å². The Morgan fingerprint density at radius 1 is 0.973 bits per heavy atom. The van der Waals surface area contributed by atoms with Gasteiger partial charge in [-0.2, -0.15) is 0 Å². The second-order valence-corrected chi connectivity index (χ2v) is 11.5. The molecule has 37 heavy (non-hydrogen) atoms. The Morgan fingerprint density at radius 2 is 1.65 bits per heavy atom. The van der Waals surface area contributed by atoms with Gasteiger partial charge >= 0.3 is 0 Å². The molecular weight excluding hydrogens is 458 g/mol. The van der Waals surface area contributed by atoms with Crippen LogP contribution < -0.4 is 0 Å². The van der Waals surface area contributed by atoms with Gasteiger partial charge in [-0.05, 0) is 62.9 Å². The maximum absolute atomic E-state index is 12.5. The molecule has 2 N–H and O–H groups in total. The Labute approximate surface area is 221 Å². The number of hydrogen-bond acceptors (Lipinski definition) is 5. The Bertz CT molecular complexity index is 1310. The second kappa shape index (κ2) is 10.0. The summed E-state index contributed by atoms with van der Waals surface area (Å²) in [5.41, 5.74) is 1.68. The summed E-state index contributed by atoms with van der Waals surface area (Å²) >= 11 is 0. The molecule has 194 valence electrons. The van der Waals surface area contributed by atoms with E-state index in [1.54, 1.807) is 25.4 Å². The van der Waals surface area contributed by atoms with Gasteiger partial charge in [-0.1, -0.05) is 62.9 Å². The quantitative estimate of drug-likeness (QED) is 0.462. The lowest BCUT2D eigenvalue weighted by Crippen LogP contribution is -2.66. The van der Waals surface area contributed by atoms with E-state index in [0.29, 0.717) is 28.8 Å². The van der Waals surface area contributed by atoms with Crippen molar-refractivity contribution in [3.8, 4) is 11.8 Å². The number of nitrogens with zero attached hydrogens (tertiary/aromatic N) is 3. The molecule has 2 aromatic heterocycles. The predicted octanol–water partition coefficient (Wildman–Crippen LogP) is 5.13. The van der Waals surface area contributed by atoms with Gasteiger partial charge in [0.25, 0.3) is 0 Å². The molecule has 1 fully saturated rings. The maximum atomic E-state index is 12.5. The van der Waals surface area contributed by atoms with Crippen LogP contribution in [0.15, 0.2) is 60.9 Å². The van der Waals surface area contributed by atoms with Gasteiger partial charge in [-0.15, -0.1) is 0 Å². The van der Waals surface area contributed by atoms with Crippen molar-refractivity contribution in [2.75, 3.05) is 13.1 Å². The molecule has 1 aliphatic heterocycles. The highest BCUT2D eigenvalue weighted by atomic mass is 16.3. The first kappa shape index (κ1) is 27.0. The van der Waals surface area contributed by atoms with Crippen LogP contribution in [0.3, 0.4) is 0 Å². The predicted molar refractivity (Wildman–Crippen MR) is 148 cm³/mol. The molecule has 1 aliphatic rings. The van der Waals surface area contributed by atoms with Gasteiger partial charge in [0.15, 0.2) is 5.60 Å². The van der Waals surface area contributed by atoms with E-state index in [0.717, 1.165) is 24.3 Å². The van der Waals surface area contributed by atoms with Crippen molar-refractivity contribution >= 4 is 0 Å². The lowest BCUT2D eigenvalue weighted by atomic mass is 9.61. The highest BCUT2D eigenvalue weighted by Crippen LogP contribution is 2.51. The van der Waals surface area contributed by atoms with Crippen molar-refractivity contribution in [1.82, 2.24) is 14.9 Å². The van der Waals surface area contributed by atoms with E-state index in [2.05, 4.69) is 73.5 Å². The normalized spacial score (nSPS) is 18.5. The molecule has 3 heterocycles. The maximum Gasteiger partial charge on any atom is 0.165 e. The minimum atomic E-state index is -1.41. The Kier molecular flexibility index (Phi) is 7.32. The highest BCUT2D eigenvalue weighted by Gasteiger charge is 2.56. The molecule has 0 bridgehead atoms. The van der Waals surface area contributed by atoms with E-state index in [1.807, 2.05) is 37.3 Å². The largest absolute Gasteiger partial charge is 0.380 e. The van der Waals surface area contributed by atoms with Gasteiger partial charge < -0.3 is 10.2 Å².